The molecule has 1 heterocycles. The summed E-state index contributed by atoms with van der Waals surface area (Å²) >= 11 is 6.15. The maximum atomic E-state index is 13.0. The summed E-state index contributed by atoms with van der Waals surface area (Å²) in [6.07, 6.45) is 2.08. The second-order valence-electron chi connectivity index (χ2n) is 7.02. The van der Waals surface area contributed by atoms with Crippen LogP contribution in [0.25, 0.3) is 0 Å². The van der Waals surface area contributed by atoms with Gasteiger partial charge in [0.15, 0.2) is 0 Å². The number of hydrogen-bond donors (Lipinski definition) is 0. The molecule has 0 saturated carbocycles. The van der Waals surface area contributed by atoms with Crippen LogP contribution in [0.4, 0.5) is 5.69 Å². The van der Waals surface area contributed by atoms with Gasteiger partial charge in [-0.1, -0.05) is 17.7 Å². The number of benzene rings is 1. The van der Waals surface area contributed by atoms with Crippen LogP contribution in [0.5, 0.6) is 0 Å². The maximum Gasteiger partial charge on any atom is 0.309 e. The van der Waals surface area contributed by atoms with Crippen molar-refractivity contribution in [3.05, 3.63) is 28.8 Å². The van der Waals surface area contributed by atoms with Crippen molar-refractivity contribution in [3.8, 4) is 0 Å². The molecule has 0 radical (unpaired) electrons. The molecule has 1 aliphatic rings. The highest BCUT2D eigenvalue weighted by atomic mass is 35.5. The Morgan fingerprint density at radius 1 is 1.32 bits per heavy atom. The topological polar surface area (TPSA) is 84.0 Å². The molecule has 0 spiro atoms. The number of amides is 1. The molecule has 0 aromatic heterocycles. The van der Waals surface area contributed by atoms with Crippen LogP contribution in [0, 0.1) is 12.8 Å². The van der Waals surface area contributed by atoms with Crippen molar-refractivity contribution in [2.45, 2.75) is 39.7 Å². The summed E-state index contributed by atoms with van der Waals surface area (Å²) < 4.78 is 31.0. The maximum absolute atomic E-state index is 13.0. The predicted octanol–water partition coefficient (Wildman–Crippen LogP) is 2.60. The third-order valence-electron chi connectivity index (χ3n) is 4.90. The van der Waals surface area contributed by atoms with Crippen molar-refractivity contribution < 1.29 is 22.7 Å². The Bertz CT molecular complexity index is 835. The summed E-state index contributed by atoms with van der Waals surface area (Å²) in [6.45, 7) is 6.25. The minimum absolute atomic E-state index is 0.221. The molecule has 1 fully saturated rings. The molecule has 1 amide bonds. The summed E-state index contributed by atoms with van der Waals surface area (Å²) in [6, 6.07) is 3.99. The molecule has 0 unspecified atom stereocenters. The van der Waals surface area contributed by atoms with E-state index in [-0.39, 0.29) is 17.8 Å². The smallest absolute Gasteiger partial charge is 0.309 e. The molecule has 1 aliphatic heterocycles. The third-order valence-corrected chi connectivity index (χ3v) is 6.55. The molecule has 1 atom stereocenters. The predicted molar refractivity (Wildman–Crippen MR) is 109 cm³/mol. The summed E-state index contributed by atoms with van der Waals surface area (Å²) in [7, 11) is -3.71. The van der Waals surface area contributed by atoms with Gasteiger partial charge in [-0.2, -0.15) is 0 Å². The van der Waals surface area contributed by atoms with E-state index in [0.29, 0.717) is 43.2 Å². The number of likely N-dealkylation sites (tertiary alicyclic amines) is 1. The van der Waals surface area contributed by atoms with Gasteiger partial charge in [0.2, 0.25) is 15.9 Å². The molecule has 0 N–H and O–H groups in total. The zero-order chi connectivity index (χ0) is 21.1. The highest BCUT2D eigenvalue weighted by Gasteiger charge is 2.35. The minimum atomic E-state index is -3.71. The lowest BCUT2D eigenvalue weighted by molar-refractivity contribution is -0.151. The monoisotopic (exact) mass is 430 g/mol. The van der Waals surface area contributed by atoms with Crippen LogP contribution >= 0.6 is 11.6 Å². The van der Waals surface area contributed by atoms with E-state index in [1.165, 1.54) is 0 Å². The second-order valence-corrected chi connectivity index (χ2v) is 9.29. The van der Waals surface area contributed by atoms with Crippen LogP contribution in [-0.4, -0.2) is 57.2 Å². The van der Waals surface area contributed by atoms with Crippen LogP contribution < -0.4 is 4.31 Å². The summed E-state index contributed by atoms with van der Waals surface area (Å²) in [4.78, 5) is 26.5. The molecule has 28 heavy (non-hydrogen) atoms. The average Bonchev–Trinajstić information content (AvgIpc) is 2.63. The molecule has 156 valence electrons. The number of aryl methyl sites for hydroxylation is 1. The molecule has 1 saturated heterocycles. The molecule has 1 aromatic rings. The largest absolute Gasteiger partial charge is 0.466 e. The zero-order valence-electron chi connectivity index (χ0n) is 16.6. The van der Waals surface area contributed by atoms with Gasteiger partial charge in [-0.05, 0) is 51.3 Å². The molecule has 7 nitrogen and oxygen atoms in total. The van der Waals surface area contributed by atoms with Gasteiger partial charge < -0.3 is 9.64 Å². The van der Waals surface area contributed by atoms with Gasteiger partial charge in [0.25, 0.3) is 0 Å². The number of carbonyl (C=O) groups is 2. The van der Waals surface area contributed by atoms with Crippen LogP contribution in [0.1, 0.15) is 32.3 Å². The lowest BCUT2D eigenvalue weighted by atomic mass is 9.96. The molecular formula is C19H27ClN2O5S. The van der Waals surface area contributed by atoms with Gasteiger partial charge in [0.1, 0.15) is 6.04 Å². The highest BCUT2D eigenvalue weighted by molar-refractivity contribution is 7.92. The first kappa shape index (κ1) is 22.5. The Kier molecular flexibility index (Phi) is 7.33. The van der Waals surface area contributed by atoms with Crippen LogP contribution in [0.2, 0.25) is 5.02 Å². The van der Waals surface area contributed by atoms with Gasteiger partial charge in [-0.3, -0.25) is 13.9 Å². The first-order valence-electron chi connectivity index (χ1n) is 9.27. The first-order valence-corrected chi connectivity index (χ1v) is 11.5. The molecule has 1 aromatic carbocycles. The fourth-order valence-corrected chi connectivity index (χ4v) is 4.72. The number of carbonyl (C=O) groups excluding carboxylic acids is 2. The number of halogens is 1. The second kappa shape index (κ2) is 9.13. The van der Waals surface area contributed by atoms with Crippen LogP contribution in [0.15, 0.2) is 18.2 Å². The Hall–Kier alpha value is -1.80. The Labute approximate surface area is 171 Å². The van der Waals surface area contributed by atoms with Crippen molar-refractivity contribution >= 4 is 39.2 Å². The number of ether oxygens (including phenoxy) is 1. The highest BCUT2D eigenvalue weighted by Crippen LogP contribution is 2.28. The van der Waals surface area contributed by atoms with Gasteiger partial charge >= 0.3 is 5.97 Å². The third kappa shape index (κ3) is 5.17. The first-order chi connectivity index (χ1) is 13.1. The van der Waals surface area contributed by atoms with Crippen molar-refractivity contribution in [2.75, 3.05) is 30.3 Å². The van der Waals surface area contributed by atoms with Crippen molar-refractivity contribution in [3.63, 3.8) is 0 Å². The number of hydrogen-bond acceptors (Lipinski definition) is 5. The Balaban J connectivity index is 2.17. The fraction of sp³-hybridized carbons (Fsp3) is 0.579. The summed E-state index contributed by atoms with van der Waals surface area (Å²) in [5.41, 5.74) is 1.17. The van der Waals surface area contributed by atoms with E-state index in [1.54, 1.807) is 36.9 Å². The normalized spacial score (nSPS) is 16.5. The van der Waals surface area contributed by atoms with E-state index in [1.807, 2.05) is 6.92 Å². The van der Waals surface area contributed by atoms with Gasteiger partial charge in [0.05, 0.1) is 24.5 Å². The number of rotatable bonds is 6. The number of esters is 1. The quantitative estimate of drug-likeness (QED) is 0.647. The Morgan fingerprint density at radius 2 is 1.93 bits per heavy atom. The van der Waals surface area contributed by atoms with E-state index >= 15 is 0 Å². The number of sulfonamides is 1. The minimum Gasteiger partial charge on any atom is -0.466 e. The van der Waals surface area contributed by atoms with Crippen LogP contribution in [0.3, 0.4) is 0 Å². The number of piperidine rings is 1. The standard InChI is InChI=1S/C19H27ClN2O5S/c1-5-27-19(24)15-8-10-21(11-9-15)18(23)14(3)22(28(4,25)26)16-7-6-13(2)17(20)12-16/h6-7,12,14-15H,5,8-11H2,1-4H3/t14-/m1/s1. The molecular weight excluding hydrogens is 404 g/mol. The van der Waals surface area contributed by atoms with E-state index < -0.39 is 16.1 Å². The van der Waals surface area contributed by atoms with Crippen molar-refractivity contribution in [1.29, 1.82) is 0 Å². The Morgan fingerprint density at radius 3 is 2.43 bits per heavy atom. The lowest BCUT2D eigenvalue weighted by Gasteiger charge is -2.36. The lowest BCUT2D eigenvalue weighted by Crippen LogP contribution is -2.51. The van der Waals surface area contributed by atoms with E-state index in [9.17, 15) is 18.0 Å². The zero-order valence-corrected chi connectivity index (χ0v) is 18.2. The van der Waals surface area contributed by atoms with Crippen molar-refractivity contribution in [1.82, 2.24) is 4.90 Å². The summed E-state index contributed by atoms with van der Waals surface area (Å²) in [5, 5.41) is 0.432. The average molecular weight is 431 g/mol. The van der Waals surface area contributed by atoms with Crippen LogP contribution in [-0.2, 0) is 24.3 Å². The SMILES string of the molecule is CCOC(=O)C1CCN(C(=O)[C@@H](C)N(c2ccc(C)c(Cl)c2)S(C)(=O)=O)CC1. The molecule has 2 rings (SSSR count). The molecule has 0 aliphatic carbocycles. The van der Waals surface area contributed by atoms with E-state index in [4.69, 9.17) is 16.3 Å². The summed E-state index contributed by atoms with van der Waals surface area (Å²) in [5.74, 6) is -0.764. The van der Waals surface area contributed by atoms with E-state index in [0.717, 1.165) is 16.1 Å². The van der Waals surface area contributed by atoms with Gasteiger partial charge in [-0.15, -0.1) is 0 Å². The number of nitrogens with zero attached hydrogens (tertiary/aromatic N) is 2. The van der Waals surface area contributed by atoms with Gasteiger partial charge in [-0.25, -0.2) is 8.42 Å². The van der Waals surface area contributed by atoms with E-state index in [2.05, 4.69) is 0 Å². The molecule has 0 bridgehead atoms. The molecule has 9 heteroatoms. The van der Waals surface area contributed by atoms with Gasteiger partial charge in [0, 0.05) is 18.1 Å². The van der Waals surface area contributed by atoms with Crippen molar-refractivity contribution in [2.24, 2.45) is 5.92 Å². The number of anilines is 1. The fourth-order valence-electron chi connectivity index (χ4n) is 3.38.